The Morgan fingerprint density at radius 3 is 2.65 bits per heavy atom. The van der Waals surface area contributed by atoms with E-state index in [-0.39, 0.29) is 11.7 Å². The van der Waals surface area contributed by atoms with Gasteiger partial charge in [-0.05, 0) is 40.2 Å². The predicted octanol–water partition coefficient (Wildman–Crippen LogP) is 4.84. The van der Waals surface area contributed by atoms with Gasteiger partial charge in [-0.15, -0.1) is 0 Å². The largest absolute Gasteiger partial charge is 0.320 e. The number of nitrogens with one attached hydrogen (secondary N) is 1. The summed E-state index contributed by atoms with van der Waals surface area (Å²) in [6.07, 6.45) is 1.56. The van der Waals surface area contributed by atoms with Gasteiger partial charge < -0.3 is 5.32 Å². The Kier molecular flexibility index (Phi) is 3.48. The van der Waals surface area contributed by atoms with Gasteiger partial charge in [-0.2, -0.15) is 0 Å². The molecule has 0 aromatic heterocycles. The van der Waals surface area contributed by atoms with Crippen molar-refractivity contribution in [2.45, 2.75) is 0 Å². The zero-order valence-corrected chi connectivity index (χ0v) is 13.3. The SMILES string of the molecule is O=C1Nc2c(Br)cc(Br)cc2C1=Cc1ccccc1F. The molecule has 5 heteroatoms. The van der Waals surface area contributed by atoms with Crippen molar-refractivity contribution in [1.29, 1.82) is 0 Å². The average Bonchev–Trinajstić information content (AvgIpc) is 2.70. The maximum Gasteiger partial charge on any atom is 0.256 e. The first-order chi connectivity index (χ1) is 9.56. The molecular formula is C15H8Br2FNO. The normalized spacial score (nSPS) is 15.3. The minimum absolute atomic E-state index is 0.234. The Bertz CT molecular complexity index is 756. The number of hydrogen-bond acceptors (Lipinski definition) is 1. The highest BCUT2D eigenvalue weighted by Crippen LogP contribution is 2.40. The van der Waals surface area contributed by atoms with E-state index in [0.29, 0.717) is 16.8 Å². The summed E-state index contributed by atoms with van der Waals surface area (Å²) in [6, 6.07) is 10.1. The number of carbonyl (C=O) groups is 1. The van der Waals surface area contributed by atoms with Crippen molar-refractivity contribution in [3.63, 3.8) is 0 Å². The molecule has 1 aliphatic heterocycles. The number of benzene rings is 2. The van der Waals surface area contributed by atoms with E-state index in [0.717, 1.165) is 14.5 Å². The van der Waals surface area contributed by atoms with Gasteiger partial charge in [0.2, 0.25) is 0 Å². The van der Waals surface area contributed by atoms with E-state index in [4.69, 9.17) is 0 Å². The summed E-state index contributed by atoms with van der Waals surface area (Å²) in [5.41, 5.74) is 2.30. The molecule has 3 rings (SSSR count). The third-order valence-electron chi connectivity index (χ3n) is 3.03. The molecule has 20 heavy (non-hydrogen) atoms. The molecule has 0 radical (unpaired) electrons. The molecule has 0 unspecified atom stereocenters. The Morgan fingerprint density at radius 2 is 1.90 bits per heavy atom. The van der Waals surface area contributed by atoms with Crippen LogP contribution in [0.5, 0.6) is 0 Å². The van der Waals surface area contributed by atoms with Crippen LogP contribution in [-0.4, -0.2) is 5.91 Å². The molecule has 0 aliphatic carbocycles. The molecule has 0 saturated heterocycles. The van der Waals surface area contributed by atoms with Crippen LogP contribution in [0.15, 0.2) is 45.3 Å². The number of anilines is 1. The lowest BCUT2D eigenvalue weighted by Crippen LogP contribution is -2.04. The predicted molar refractivity (Wildman–Crippen MR) is 84.7 cm³/mol. The van der Waals surface area contributed by atoms with Crippen LogP contribution in [0.25, 0.3) is 11.6 Å². The summed E-state index contributed by atoms with van der Waals surface area (Å²) in [4.78, 5) is 12.1. The van der Waals surface area contributed by atoms with Gasteiger partial charge in [-0.25, -0.2) is 4.39 Å². The van der Waals surface area contributed by atoms with Crippen molar-refractivity contribution in [2.75, 3.05) is 5.32 Å². The highest BCUT2D eigenvalue weighted by molar-refractivity contribution is 9.11. The van der Waals surface area contributed by atoms with Gasteiger partial charge in [0.05, 0.1) is 5.69 Å². The van der Waals surface area contributed by atoms with Gasteiger partial charge in [0.15, 0.2) is 0 Å². The second-order valence-electron chi connectivity index (χ2n) is 4.34. The fourth-order valence-corrected chi connectivity index (χ4v) is 3.43. The fraction of sp³-hybridized carbons (Fsp3) is 0. The van der Waals surface area contributed by atoms with E-state index in [9.17, 15) is 9.18 Å². The topological polar surface area (TPSA) is 29.1 Å². The third-order valence-corrected chi connectivity index (χ3v) is 4.12. The first-order valence-electron chi connectivity index (χ1n) is 5.83. The Morgan fingerprint density at radius 1 is 1.15 bits per heavy atom. The quantitative estimate of drug-likeness (QED) is 0.686. The average molecular weight is 397 g/mol. The fourth-order valence-electron chi connectivity index (χ4n) is 2.11. The molecule has 0 saturated carbocycles. The molecule has 1 N–H and O–H groups in total. The first kappa shape index (κ1) is 13.5. The highest BCUT2D eigenvalue weighted by Gasteiger charge is 2.26. The molecule has 2 aromatic rings. The maximum absolute atomic E-state index is 13.7. The second-order valence-corrected chi connectivity index (χ2v) is 6.11. The van der Waals surface area contributed by atoms with E-state index in [1.54, 1.807) is 24.3 Å². The summed E-state index contributed by atoms with van der Waals surface area (Å²) in [5, 5.41) is 2.79. The standard InChI is InChI=1S/C15H8Br2FNO/c16-9-6-10-11(5-8-3-1-2-4-13(8)18)15(20)19-14(10)12(17)7-9/h1-7H,(H,19,20). The number of fused-ring (bicyclic) bond motifs is 1. The molecule has 0 spiro atoms. The molecule has 1 aliphatic rings. The maximum atomic E-state index is 13.7. The molecule has 0 bridgehead atoms. The summed E-state index contributed by atoms with van der Waals surface area (Å²) in [6.45, 7) is 0. The van der Waals surface area contributed by atoms with Gasteiger partial charge in [0, 0.05) is 25.6 Å². The number of rotatable bonds is 1. The minimum atomic E-state index is -0.352. The smallest absolute Gasteiger partial charge is 0.256 e. The third kappa shape index (κ3) is 2.31. The Labute approximate surface area is 131 Å². The van der Waals surface area contributed by atoms with Crippen molar-refractivity contribution in [2.24, 2.45) is 0 Å². The molecule has 0 atom stereocenters. The molecular weight excluding hydrogens is 389 g/mol. The molecule has 2 nitrogen and oxygen atoms in total. The lowest BCUT2D eigenvalue weighted by molar-refractivity contribution is -0.110. The minimum Gasteiger partial charge on any atom is -0.320 e. The number of amides is 1. The van der Waals surface area contributed by atoms with Crippen LogP contribution in [0.4, 0.5) is 10.1 Å². The van der Waals surface area contributed by atoms with Gasteiger partial charge in [0.25, 0.3) is 5.91 Å². The van der Waals surface area contributed by atoms with Crippen LogP contribution >= 0.6 is 31.9 Å². The van der Waals surface area contributed by atoms with Crippen LogP contribution in [0.2, 0.25) is 0 Å². The van der Waals surface area contributed by atoms with Crippen molar-refractivity contribution >= 4 is 55.1 Å². The van der Waals surface area contributed by atoms with Crippen LogP contribution < -0.4 is 5.32 Å². The van der Waals surface area contributed by atoms with Crippen molar-refractivity contribution in [3.05, 3.63) is 62.3 Å². The lowest BCUT2D eigenvalue weighted by Gasteiger charge is -2.03. The summed E-state index contributed by atoms with van der Waals surface area (Å²) < 4.78 is 15.3. The van der Waals surface area contributed by atoms with E-state index in [1.807, 2.05) is 12.1 Å². The highest BCUT2D eigenvalue weighted by atomic mass is 79.9. The molecule has 1 amide bonds. The van der Waals surface area contributed by atoms with Crippen molar-refractivity contribution < 1.29 is 9.18 Å². The van der Waals surface area contributed by atoms with Gasteiger partial charge in [-0.3, -0.25) is 4.79 Å². The van der Waals surface area contributed by atoms with Crippen molar-refractivity contribution in [1.82, 2.24) is 0 Å². The Balaban J connectivity index is 2.18. The summed E-state index contributed by atoms with van der Waals surface area (Å²) in [5.74, 6) is -0.586. The van der Waals surface area contributed by atoms with E-state index in [2.05, 4.69) is 37.2 Å². The van der Waals surface area contributed by atoms with Gasteiger partial charge >= 0.3 is 0 Å². The lowest BCUT2D eigenvalue weighted by atomic mass is 10.0. The number of hydrogen-bond donors (Lipinski definition) is 1. The van der Waals surface area contributed by atoms with E-state index >= 15 is 0 Å². The molecule has 100 valence electrons. The summed E-state index contributed by atoms with van der Waals surface area (Å²) in [7, 11) is 0. The van der Waals surface area contributed by atoms with Crippen LogP contribution in [0.1, 0.15) is 11.1 Å². The number of carbonyl (C=O) groups excluding carboxylic acids is 1. The van der Waals surface area contributed by atoms with Crippen molar-refractivity contribution in [3.8, 4) is 0 Å². The zero-order valence-electron chi connectivity index (χ0n) is 10.1. The van der Waals surface area contributed by atoms with E-state index < -0.39 is 0 Å². The van der Waals surface area contributed by atoms with E-state index in [1.165, 1.54) is 6.07 Å². The Hall–Kier alpha value is -1.46. The number of halogens is 3. The second kappa shape index (κ2) is 5.14. The van der Waals surface area contributed by atoms with Crippen LogP contribution in [0, 0.1) is 5.82 Å². The molecule has 1 heterocycles. The summed E-state index contributed by atoms with van der Waals surface area (Å²) >= 11 is 6.80. The molecule has 0 fully saturated rings. The van der Waals surface area contributed by atoms with Crippen LogP contribution in [0.3, 0.4) is 0 Å². The molecule has 2 aromatic carbocycles. The zero-order chi connectivity index (χ0) is 14.3. The van der Waals surface area contributed by atoms with Crippen LogP contribution in [-0.2, 0) is 4.79 Å². The first-order valence-corrected chi connectivity index (χ1v) is 7.42. The van der Waals surface area contributed by atoms with Gasteiger partial charge in [0.1, 0.15) is 5.82 Å². The monoisotopic (exact) mass is 395 g/mol. The van der Waals surface area contributed by atoms with Gasteiger partial charge in [-0.1, -0.05) is 34.1 Å².